The first-order valence-corrected chi connectivity index (χ1v) is 9.88. The highest BCUT2D eigenvalue weighted by Gasteiger charge is 2.11. The first kappa shape index (κ1) is 21.1. The van der Waals surface area contributed by atoms with Crippen LogP contribution in [0.15, 0.2) is 60.8 Å². The van der Waals surface area contributed by atoms with Gasteiger partial charge in [0.05, 0.1) is 17.6 Å². The Bertz CT molecular complexity index is 1060. The molecule has 3 heterocycles. The first-order valence-electron chi connectivity index (χ1n) is 9.88. The molecular formula is C23H26N6O. The Balaban J connectivity index is 1.68. The van der Waals surface area contributed by atoms with Crippen molar-refractivity contribution in [1.82, 2.24) is 24.7 Å². The second kappa shape index (κ2) is 9.73. The number of anilines is 1. The maximum absolute atomic E-state index is 12.5. The average Bonchev–Trinajstić information content (AvgIpc) is 3.08. The van der Waals surface area contributed by atoms with Crippen molar-refractivity contribution < 1.29 is 4.79 Å². The molecule has 7 heteroatoms. The topological polar surface area (TPSA) is 85.6 Å². The minimum absolute atomic E-state index is 0.114. The number of carbonyl (C=O) groups is 1. The quantitative estimate of drug-likeness (QED) is 0.591. The summed E-state index contributed by atoms with van der Waals surface area (Å²) in [7, 11) is 0. The smallest absolute Gasteiger partial charge is 0.247 e. The van der Waals surface area contributed by atoms with Gasteiger partial charge in [-0.1, -0.05) is 24.6 Å². The van der Waals surface area contributed by atoms with E-state index in [1.54, 1.807) is 35.5 Å². The van der Waals surface area contributed by atoms with Crippen LogP contribution in [0.5, 0.6) is 0 Å². The number of aryl methyl sites for hydroxylation is 1. The van der Waals surface area contributed by atoms with Gasteiger partial charge in [-0.3, -0.25) is 19.4 Å². The van der Waals surface area contributed by atoms with Crippen LogP contribution < -0.4 is 5.32 Å². The van der Waals surface area contributed by atoms with E-state index in [0.717, 1.165) is 34.5 Å². The van der Waals surface area contributed by atoms with Crippen LogP contribution in [-0.2, 0) is 11.3 Å². The molecule has 30 heavy (non-hydrogen) atoms. The molecule has 0 aliphatic rings. The molecule has 0 fully saturated rings. The third-order valence-electron chi connectivity index (χ3n) is 4.32. The van der Waals surface area contributed by atoms with E-state index < -0.39 is 0 Å². The lowest BCUT2D eigenvalue weighted by molar-refractivity contribution is -0.116. The van der Waals surface area contributed by atoms with Crippen molar-refractivity contribution in [2.45, 2.75) is 40.7 Å². The molecule has 0 aromatic carbocycles. The Morgan fingerprint density at radius 1 is 1.17 bits per heavy atom. The van der Waals surface area contributed by atoms with Crippen molar-refractivity contribution in [3.05, 3.63) is 72.1 Å². The van der Waals surface area contributed by atoms with Gasteiger partial charge in [-0.05, 0) is 44.9 Å². The number of rotatable bonds is 7. The molecule has 3 aromatic rings. The lowest BCUT2D eigenvalue weighted by Crippen LogP contribution is -2.19. The van der Waals surface area contributed by atoms with Crippen LogP contribution in [0.25, 0.3) is 16.8 Å². The Morgan fingerprint density at radius 2 is 2.00 bits per heavy atom. The molecule has 0 saturated carbocycles. The second-order valence-corrected chi connectivity index (χ2v) is 7.19. The predicted octanol–water partition coefficient (Wildman–Crippen LogP) is 4.44. The minimum atomic E-state index is -0.188. The molecule has 0 spiro atoms. The first-order chi connectivity index (χ1) is 14.5. The average molecular weight is 403 g/mol. The maximum atomic E-state index is 12.5. The van der Waals surface area contributed by atoms with Gasteiger partial charge < -0.3 is 5.32 Å². The van der Waals surface area contributed by atoms with Gasteiger partial charge in [-0.25, -0.2) is 4.98 Å². The molecule has 1 amide bonds. The summed E-state index contributed by atoms with van der Waals surface area (Å²) in [5.74, 6) is 0.292. The molecule has 0 aliphatic heterocycles. The van der Waals surface area contributed by atoms with Crippen LogP contribution in [0.4, 0.5) is 5.82 Å². The molecule has 3 rings (SSSR count). The second-order valence-electron chi connectivity index (χ2n) is 7.19. The van der Waals surface area contributed by atoms with Crippen LogP contribution in [0.3, 0.4) is 0 Å². The maximum Gasteiger partial charge on any atom is 0.247 e. The van der Waals surface area contributed by atoms with E-state index in [1.807, 2.05) is 19.2 Å². The SMILES string of the molecule is CC/C=C(\C=C(C)C)c1cn(CC(=O)Nc2ccc(-c3cnccn3)cn2)nc1C. The summed E-state index contributed by atoms with van der Waals surface area (Å²) in [4.78, 5) is 25.1. The number of nitrogens with zero attached hydrogens (tertiary/aromatic N) is 5. The van der Waals surface area contributed by atoms with Gasteiger partial charge in [-0.15, -0.1) is 0 Å². The Hall–Kier alpha value is -3.61. The Morgan fingerprint density at radius 3 is 2.63 bits per heavy atom. The number of amides is 1. The van der Waals surface area contributed by atoms with Crippen molar-refractivity contribution in [2.75, 3.05) is 5.32 Å². The highest BCUT2D eigenvalue weighted by Crippen LogP contribution is 2.22. The normalized spacial score (nSPS) is 11.3. The van der Waals surface area contributed by atoms with E-state index in [1.165, 1.54) is 5.57 Å². The molecule has 1 N–H and O–H groups in total. The summed E-state index contributed by atoms with van der Waals surface area (Å²) in [5, 5.41) is 7.32. The minimum Gasteiger partial charge on any atom is -0.309 e. The number of allylic oxidation sites excluding steroid dienone is 4. The molecule has 7 nitrogen and oxygen atoms in total. The Kier molecular flexibility index (Phi) is 6.85. The van der Waals surface area contributed by atoms with Crippen molar-refractivity contribution in [3.63, 3.8) is 0 Å². The van der Waals surface area contributed by atoms with E-state index in [4.69, 9.17) is 0 Å². The van der Waals surface area contributed by atoms with Crippen LogP contribution in [0, 0.1) is 6.92 Å². The monoisotopic (exact) mass is 402 g/mol. The summed E-state index contributed by atoms with van der Waals surface area (Å²) in [5.41, 5.74) is 5.85. The number of pyridine rings is 1. The van der Waals surface area contributed by atoms with Crippen LogP contribution in [-0.4, -0.2) is 30.6 Å². The van der Waals surface area contributed by atoms with E-state index in [2.05, 4.69) is 58.3 Å². The van der Waals surface area contributed by atoms with Crippen LogP contribution >= 0.6 is 0 Å². The molecular weight excluding hydrogens is 376 g/mol. The lowest BCUT2D eigenvalue weighted by Gasteiger charge is -2.06. The van der Waals surface area contributed by atoms with Crippen molar-refractivity contribution in [2.24, 2.45) is 0 Å². The lowest BCUT2D eigenvalue weighted by atomic mass is 10.0. The van der Waals surface area contributed by atoms with Crippen molar-refractivity contribution in [1.29, 1.82) is 0 Å². The number of hydrogen-bond donors (Lipinski definition) is 1. The van der Waals surface area contributed by atoms with E-state index in [9.17, 15) is 4.79 Å². The number of aromatic nitrogens is 5. The zero-order valence-electron chi connectivity index (χ0n) is 17.8. The Labute approximate surface area is 176 Å². The predicted molar refractivity (Wildman–Crippen MR) is 119 cm³/mol. The molecule has 0 saturated heterocycles. The molecule has 0 radical (unpaired) electrons. The zero-order chi connectivity index (χ0) is 21.5. The summed E-state index contributed by atoms with van der Waals surface area (Å²) in [6.45, 7) is 8.31. The highest BCUT2D eigenvalue weighted by molar-refractivity contribution is 5.89. The standard InChI is InChI=1S/C23H26N6O/c1-5-6-18(11-16(2)3)20-14-29(28-17(20)4)15-23(30)27-22-8-7-19(12-26-22)21-13-24-9-10-25-21/h6-14H,5,15H2,1-4H3,(H,26,27,30)/b18-6+. The largest absolute Gasteiger partial charge is 0.309 e. The fraction of sp³-hybridized carbons (Fsp3) is 0.261. The van der Waals surface area contributed by atoms with Gasteiger partial charge in [0.15, 0.2) is 0 Å². The van der Waals surface area contributed by atoms with E-state index in [0.29, 0.717) is 5.82 Å². The molecule has 0 aliphatic carbocycles. The summed E-state index contributed by atoms with van der Waals surface area (Å²) >= 11 is 0. The zero-order valence-corrected chi connectivity index (χ0v) is 17.8. The molecule has 3 aromatic heterocycles. The van der Waals surface area contributed by atoms with Gasteiger partial charge in [-0.2, -0.15) is 5.10 Å². The highest BCUT2D eigenvalue weighted by atomic mass is 16.2. The third kappa shape index (κ3) is 5.47. The van der Waals surface area contributed by atoms with Gasteiger partial charge in [0.2, 0.25) is 5.91 Å². The summed E-state index contributed by atoms with van der Waals surface area (Å²) in [6, 6.07) is 3.60. The fourth-order valence-corrected chi connectivity index (χ4v) is 3.06. The molecule has 154 valence electrons. The molecule has 0 unspecified atom stereocenters. The van der Waals surface area contributed by atoms with Gasteiger partial charge in [0.25, 0.3) is 0 Å². The number of hydrogen-bond acceptors (Lipinski definition) is 5. The van der Waals surface area contributed by atoms with Crippen molar-refractivity contribution >= 4 is 17.3 Å². The van der Waals surface area contributed by atoms with Gasteiger partial charge in [0, 0.05) is 35.9 Å². The molecule has 0 atom stereocenters. The van der Waals surface area contributed by atoms with Crippen LogP contribution in [0.2, 0.25) is 0 Å². The summed E-state index contributed by atoms with van der Waals surface area (Å²) in [6.07, 6.45) is 13.7. The summed E-state index contributed by atoms with van der Waals surface area (Å²) < 4.78 is 1.66. The number of carbonyl (C=O) groups excluding carboxylic acids is 1. The molecule has 0 bridgehead atoms. The van der Waals surface area contributed by atoms with Gasteiger partial charge >= 0.3 is 0 Å². The van der Waals surface area contributed by atoms with Gasteiger partial charge in [0.1, 0.15) is 12.4 Å². The van der Waals surface area contributed by atoms with Crippen molar-refractivity contribution in [3.8, 4) is 11.3 Å². The van der Waals surface area contributed by atoms with Crippen LogP contribution in [0.1, 0.15) is 38.4 Å². The van der Waals surface area contributed by atoms with E-state index >= 15 is 0 Å². The van der Waals surface area contributed by atoms with E-state index in [-0.39, 0.29) is 12.5 Å². The fourth-order valence-electron chi connectivity index (χ4n) is 3.06. The third-order valence-corrected chi connectivity index (χ3v) is 4.32. The number of nitrogens with one attached hydrogen (secondary N) is 1.